The van der Waals surface area contributed by atoms with Crippen LogP contribution in [0.3, 0.4) is 0 Å². The van der Waals surface area contributed by atoms with Crippen LogP contribution >= 0.6 is 34.8 Å². The summed E-state index contributed by atoms with van der Waals surface area (Å²) in [6.45, 7) is 1.90. The summed E-state index contributed by atoms with van der Waals surface area (Å²) in [5.74, 6) is -1.41. The Kier molecular flexibility index (Phi) is 8.58. The molecule has 1 fully saturated rings. The third kappa shape index (κ3) is 5.87. The molecule has 3 aromatic carbocycles. The standard InChI is InChI=1S/C28H26Cl3NO4/c1-2-3-23(28(34)35)32-25(18-6-12-21(30)13-7-18)26(19-8-14-22(31)15-9-19)36-24(27(32)33)16-17-4-10-20(29)11-5-17/h4-15,23-26H,2-3,16H2,1H3,(H,34,35)/t23-,24+,25-,26+/m1/s1. The molecule has 188 valence electrons. The van der Waals surface area contributed by atoms with Gasteiger partial charge in [0.05, 0.1) is 6.04 Å². The predicted octanol–water partition coefficient (Wildman–Crippen LogP) is 7.15. The van der Waals surface area contributed by atoms with E-state index in [0.29, 0.717) is 27.9 Å². The lowest BCUT2D eigenvalue weighted by Gasteiger charge is -2.47. The van der Waals surface area contributed by atoms with Crippen LogP contribution in [0.2, 0.25) is 15.1 Å². The van der Waals surface area contributed by atoms with Gasteiger partial charge in [-0.15, -0.1) is 0 Å². The van der Waals surface area contributed by atoms with Gasteiger partial charge >= 0.3 is 5.97 Å². The molecule has 0 aromatic heterocycles. The Balaban J connectivity index is 1.84. The quantitative estimate of drug-likeness (QED) is 0.326. The van der Waals surface area contributed by atoms with Crippen LogP contribution in [0.25, 0.3) is 0 Å². The SMILES string of the molecule is CCC[C@H](C(=O)O)N1C(=O)[C@H](Cc2ccc(Cl)cc2)O[C@@H](c2ccc(Cl)cc2)[C@H]1c1ccc(Cl)cc1. The zero-order chi connectivity index (χ0) is 25.8. The Hall–Kier alpha value is -2.57. The topological polar surface area (TPSA) is 66.8 Å². The summed E-state index contributed by atoms with van der Waals surface area (Å²) in [7, 11) is 0. The first-order valence-corrected chi connectivity index (χ1v) is 12.9. The van der Waals surface area contributed by atoms with Crippen LogP contribution in [-0.4, -0.2) is 34.0 Å². The van der Waals surface area contributed by atoms with Crippen molar-refractivity contribution in [2.75, 3.05) is 0 Å². The fraction of sp³-hybridized carbons (Fsp3) is 0.286. The molecule has 5 nitrogen and oxygen atoms in total. The number of rotatable bonds is 8. The molecule has 0 bridgehead atoms. The fourth-order valence-corrected chi connectivity index (χ4v) is 5.02. The Morgan fingerprint density at radius 3 is 1.89 bits per heavy atom. The van der Waals surface area contributed by atoms with Crippen molar-refractivity contribution in [3.05, 3.63) is 105 Å². The minimum absolute atomic E-state index is 0.280. The van der Waals surface area contributed by atoms with E-state index in [-0.39, 0.29) is 12.3 Å². The van der Waals surface area contributed by atoms with Gasteiger partial charge in [-0.2, -0.15) is 0 Å². The highest BCUT2D eigenvalue weighted by atomic mass is 35.5. The second kappa shape index (κ2) is 11.7. The van der Waals surface area contributed by atoms with Crippen LogP contribution in [0.5, 0.6) is 0 Å². The van der Waals surface area contributed by atoms with Gasteiger partial charge in [-0.1, -0.05) is 84.5 Å². The third-order valence-electron chi connectivity index (χ3n) is 6.35. The number of hydrogen-bond acceptors (Lipinski definition) is 3. The fourth-order valence-electron chi connectivity index (χ4n) is 4.64. The smallest absolute Gasteiger partial charge is 0.326 e. The maximum absolute atomic E-state index is 14.0. The molecule has 4 atom stereocenters. The molecule has 8 heteroatoms. The van der Waals surface area contributed by atoms with Crippen molar-refractivity contribution in [3.8, 4) is 0 Å². The molecule has 1 N–H and O–H groups in total. The molecule has 4 rings (SSSR count). The lowest BCUT2D eigenvalue weighted by atomic mass is 9.88. The van der Waals surface area contributed by atoms with E-state index in [4.69, 9.17) is 39.5 Å². The Labute approximate surface area is 225 Å². The second-order valence-electron chi connectivity index (χ2n) is 8.81. The number of benzene rings is 3. The number of carbonyl (C=O) groups excluding carboxylic acids is 1. The van der Waals surface area contributed by atoms with Gasteiger partial charge in [0.15, 0.2) is 0 Å². The van der Waals surface area contributed by atoms with E-state index in [1.54, 1.807) is 36.4 Å². The van der Waals surface area contributed by atoms with E-state index < -0.39 is 30.3 Å². The van der Waals surface area contributed by atoms with Gasteiger partial charge in [-0.05, 0) is 59.5 Å². The van der Waals surface area contributed by atoms with E-state index in [2.05, 4.69) is 0 Å². The molecule has 1 saturated heterocycles. The molecule has 1 heterocycles. The molecule has 36 heavy (non-hydrogen) atoms. The van der Waals surface area contributed by atoms with Crippen LogP contribution in [-0.2, 0) is 20.7 Å². The molecule has 0 unspecified atom stereocenters. The summed E-state index contributed by atoms with van der Waals surface area (Å²) < 4.78 is 6.50. The van der Waals surface area contributed by atoms with Gasteiger partial charge in [0.1, 0.15) is 18.2 Å². The summed E-state index contributed by atoms with van der Waals surface area (Å²) >= 11 is 18.3. The maximum atomic E-state index is 14.0. The third-order valence-corrected chi connectivity index (χ3v) is 7.11. The predicted molar refractivity (Wildman–Crippen MR) is 142 cm³/mol. The molecular formula is C28H26Cl3NO4. The van der Waals surface area contributed by atoms with Crippen LogP contribution in [0, 0.1) is 0 Å². The molecule has 1 aliphatic rings. The van der Waals surface area contributed by atoms with E-state index >= 15 is 0 Å². The molecule has 0 spiro atoms. The molecule has 0 aliphatic carbocycles. The van der Waals surface area contributed by atoms with Gasteiger partial charge in [-0.3, -0.25) is 4.79 Å². The van der Waals surface area contributed by atoms with Crippen molar-refractivity contribution in [1.82, 2.24) is 4.90 Å². The van der Waals surface area contributed by atoms with Crippen molar-refractivity contribution in [2.45, 2.75) is 50.5 Å². The number of carbonyl (C=O) groups is 2. The minimum atomic E-state index is -1.05. The van der Waals surface area contributed by atoms with Crippen LogP contribution in [0.4, 0.5) is 0 Å². The summed E-state index contributed by atoms with van der Waals surface area (Å²) in [5.41, 5.74) is 2.39. The van der Waals surface area contributed by atoms with Gasteiger partial charge in [0, 0.05) is 21.5 Å². The van der Waals surface area contributed by atoms with E-state index in [1.165, 1.54) is 4.90 Å². The molecule has 0 saturated carbocycles. The first-order chi connectivity index (χ1) is 17.3. The monoisotopic (exact) mass is 545 g/mol. The molecule has 1 amide bonds. The second-order valence-corrected chi connectivity index (χ2v) is 10.1. The number of carboxylic acids is 1. The number of morpholine rings is 1. The van der Waals surface area contributed by atoms with Crippen molar-refractivity contribution in [2.24, 2.45) is 0 Å². The first-order valence-electron chi connectivity index (χ1n) is 11.7. The zero-order valence-electron chi connectivity index (χ0n) is 19.6. The van der Waals surface area contributed by atoms with Crippen molar-refractivity contribution >= 4 is 46.7 Å². The number of aliphatic carboxylic acids is 1. The van der Waals surface area contributed by atoms with Crippen LogP contribution < -0.4 is 0 Å². The van der Waals surface area contributed by atoms with E-state index in [9.17, 15) is 14.7 Å². The molecule has 1 aliphatic heterocycles. The Morgan fingerprint density at radius 2 is 1.39 bits per heavy atom. The summed E-state index contributed by atoms with van der Waals surface area (Å²) in [5, 5.41) is 11.9. The normalized spacial score (nSPS) is 20.8. The average molecular weight is 547 g/mol. The van der Waals surface area contributed by atoms with Crippen molar-refractivity contribution in [1.29, 1.82) is 0 Å². The Bertz CT molecular complexity index is 1200. The number of carboxylic acid groups (broad SMARTS) is 1. The largest absolute Gasteiger partial charge is 0.480 e. The van der Waals surface area contributed by atoms with Crippen molar-refractivity contribution < 1.29 is 19.4 Å². The number of halogens is 3. The average Bonchev–Trinajstić information content (AvgIpc) is 2.86. The summed E-state index contributed by atoms with van der Waals surface area (Å²) in [6.07, 6.45) is -0.317. The Morgan fingerprint density at radius 1 is 0.889 bits per heavy atom. The lowest BCUT2D eigenvalue weighted by molar-refractivity contribution is -0.184. The highest BCUT2D eigenvalue weighted by Gasteiger charge is 2.48. The van der Waals surface area contributed by atoms with Gasteiger partial charge in [0.25, 0.3) is 5.91 Å². The van der Waals surface area contributed by atoms with Crippen molar-refractivity contribution in [3.63, 3.8) is 0 Å². The van der Waals surface area contributed by atoms with E-state index in [1.807, 2.05) is 43.3 Å². The lowest BCUT2D eigenvalue weighted by Crippen LogP contribution is -2.57. The van der Waals surface area contributed by atoms with E-state index in [0.717, 1.165) is 16.7 Å². The summed E-state index contributed by atoms with van der Waals surface area (Å²) in [4.78, 5) is 27.9. The number of ether oxygens (including phenoxy) is 1. The zero-order valence-corrected chi connectivity index (χ0v) is 21.9. The van der Waals surface area contributed by atoms with Crippen LogP contribution in [0.1, 0.15) is 48.6 Å². The maximum Gasteiger partial charge on any atom is 0.326 e. The minimum Gasteiger partial charge on any atom is -0.480 e. The number of hydrogen-bond donors (Lipinski definition) is 1. The summed E-state index contributed by atoms with van der Waals surface area (Å²) in [6, 6.07) is 19.8. The highest BCUT2D eigenvalue weighted by molar-refractivity contribution is 6.31. The number of amides is 1. The molecule has 0 radical (unpaired) electrons. The highest BCUT2D eigenvalue weighted by Crippen LogP contribution is 2.44. The van der Waals surface area contributed by atoms with Gasteiger partial charge < -0.3 is 14.7 Å². The molecular weight excluding hydrogens is 521 g/mol. The van der Waals surface area contributed by atoms with Crippen LogP contribution in [0.15, 0.2) is 72.8 Å². The van der Waals surface area contributed by atoms with Gasteiger partial charge in [-0.25, -0.2) is 4.79 Å². The van der Waals surface area contributed by atoms with Gasteiger partial charge in [0.2, 0.25) is 0 Å². The number of nitrogens with zero attached hydrogens (tertiary/aromatic N) is 1. The first kappa shape index (κ1) is 26.5. The molecule has 3 aromatic rings.